The van der Waals surface area contributed by atoms with Crippen LogP contribution in [0.25, 0.3) is 0 Å². The van der Waals surface area contributed by atoms with Gasteiger partial charge in [0, 0.05) is 32.2 Å². The maximum Gasteiger partial charge on any atom is 0.329 e. The van der Waals surface area contributed by atoms with Crippen molar-refractivity contribution >= 4 is 29.8 Å². The molecule has 1 heterocycles. The highest BCUT2D eigenvalue weighted by atomic mass is 16.6. The Morgan fingerprint density at radius 1 is 1.21 bits per heavy atom. The van der Waals surface area contributed by atoms with Crippen molar-refractivity contribution in [2.75, 3.05) is 0 Å². The van der Waals surface area contributed by atoms with Gasteiger partial charge in [0.2, 0.25) is 11.8 Å². The Kier molecular flexibility index (Phi) is 9.11. The predicted octanol–water partition coefficient (Wildman–Crippen LogP) is 0.954. The van der Waals surface area contributed by atoms with Crippen LogP contribution in [0.1, 0.15) is 46.1 Å². The van der Waals surface area contributed by atoms with Crippen molar-refractivity contribution in [3.05, 3.63) is 30.1 Å². The van der Waals surface area contributed by atoms with Crippen LogP contribution in [0, 0.1) is 5.41 Å². The van der Waals surface area contributed by atoms with E-state index in [9.17, 15) is 19.2 Å². The lowest BCUT2D eigenvalue weighted by molar-refractivity contribution is -0.159. The van der Waals surface area contributed by atoms with E-state index < -0.39 is 41.3 Å². The van der Waals surface area contributed by atoms with E-state index in [2.05, 4.69) is 15.6 Å². The highest BCUT2D eigenvalue weighted by molar-refractivity contribution is 6.26. The Morgan fingerprint density at radius 3 is 2.41 bits per heavy atom. The summed E-state index contributed by atoms with van der Waals surface area (Å²) in [6, 6.07) is 1.46. The predicted molar refractivity (Wildman–Crippen MR) is 106 cm³/mol. The maximum atomic E-state index is 12.8. The molecular weight excluding hydrogens is 376 g/mol. The van der Waals surface area contributed by atoms with Crippen LogP contribution in [0.5, 0.6) is 0 Å². The number of esters is 1. The minimum absolute atomic E-state index is 0.0193. The van der Waals surface area contributed by atoms with Crippen molar-refractivity contribution < 1.29 is 23.9 Å². The number of rotatable bonds is 10. The lowest BCUT2D eigenvalue weighted by atomic mass is 10.0. The molecule has 3 N–H and O–H groups in total. The molecule has 0 bridgehead atoms. The topological polar surface area (TPSA) is 138 Å². The van der Waals surface area contributed by atoms with Gasteiger partial charge in [-0.15, -0.1) is 0 Å². The summed E-state index contributed by atoms with van der Waals surface area (Å²) in [5, 5.41) is 12.1. The van der Waals surface area contributed by atoms with Crippen molar-refractivity contribution in [2.24, 2.45) is 0 Å². The Labute approximate surface area is 170 Å². The average Bonchev–Trinajstić information content (AvgIpc) is 2.63. The van der Waals surface area contributed by atoms with Crippen molar-refractivity contribution in [2.45, 2.75) is 64.6 Å². The molecule has 1 aromatic rings. The molecule has 2 atom stereocenters. The van der Waals surface area contributed by atoms with Crippen molar-refractivity contribution in [1.29, 1.82) is 5.41 Å². The Hall–Kier alpha value is -3.10. The number of amides is 2. The first kappa shape index (κ1) is 23.9. The first-order valence-electron chi connectivity index (χ1n) is 9.24. The number of nitrogens with zero attached hydrogens (tertiary/aromatic N) is 1. The Balaban J connectivity index is 2.96. The molecule has 0 saturated heterocycles. The van der Waals surface area contributed by atoms with Gasteiger partial charge >= 0.3 is 5.97 Å². The summed E-state index contributed by atoms with van der Waals surface area (Å²) < 4.78 is 5.33. The van der Waals surface area contributed by atoms with Crippen LogP contribution in [0.4, 0.5) is 0 Å². The molecular formula is C20H28N4O5. The van der Waals surface area contributed by atoms with E-state index in [1.165, 1.54) is 6.92 Å². The fourth-order valence-corrected chi connectivity index (χ4v) is 2.46. The van der Waals surface area contributed by atoms with Crippen LogP contribution in [0.2, 0.25) is 0 Å². The molecule has 0 aliphatic rings. The molecule has 0 unspecified atom stereocenters. The van der Waals surface area contributed by atoms with Crippen LogP contribution >= 0.6 is 0 Å². The lowest BCUT2D eigenvalue weighted by Crippen LogP contribution is -2.53. The SMILES string of the molecule is CC(=O)N[C@@H](Cc1cccnc1)C(=O)N[C@@H](CCC(=O)C=N)C(=O)OC(C)(C)C. The van der Waals surface area contributed by atoms with E-state index in [0.29, 0.717) is 6.21 Å². The average molecular weight is 404 g/mol. The molecule has 9 heteroatoms. The Morgan fingerprint density at radius 2 is 1.90 bits per heavy atom. The van der Waals surface area contributed by atoms with Gasteiger partial charge in [0.25, 0.3) is 0 Å². The largest absolute Gasteiger partial charge is 0.458 e. The molecule has 158 valence electrons. The van der Waals surface area contributed by atoms with Crippen LogP contribution in [-0.2, 0) is 30.3 Å². The number of hydrogen-bond acceptors (Lipinski definition) is 7. The third-order valence-corrected chi connectivity index (χ3v) is 3.70. The highest BCUT2D eigenvalue weighted by Gasteiger charge is 2.30. The first-order chi connectivity index (χ1) is 13.5. The number of Topliss-reactive ketones (excluding diaryl/α,β-unsaturated/α-hetero) is 1. The number of nitrogens with one attached hydrogen (secondary N) is 3. The second-order valence-corrected chi connectivity index (χ2v) is 7.56. The number of pyridine rings is 1. The molecule has 0 aromatic carbocycles. The van der Waals surface area contributed by atoms with Gasteiger partial charge in [0.05, 0.1) is 6.21 Å². The maximum absolute atomic E-state index is 12.8. The number of ether oxygens (including phenoxy) is 1. The fourth-order valence-electron chi connectivity index (χ4n) is 2.46. The number of ketones is 1. The molecule has 0 aliphatic heterocycles. The van der Waals surface area contributed by atoms with Crippen LogP contribution < -0.4 is 10.6 Å². The van der Waals surface area contributed by atoms with Crippen molar-refractivity contribution in [1.82, 2.24) is 15.6 Å². The summed E-state index contributed by atoms with van der Waals surface area (Å²) in [6.45, 7) is 6.36. The van der Waals surface area contributed by atoms with Crippen LogP contribution in [0.3, 0.4) is 0 Å². The van der Waals surface area contributed by atoms with E-state index in [0.717, 1.165) is 5.56 Å². The van der Waals surface area contributed by atoms with Gasteiger partial charge in [-0.3, -0.25) is 19.4 Å². The zero-order valence-corrected chi connectivity index (χ0v) is 17.2. The summed E-state index contributed by atoms with van der Waals surface area (Å²) in [7, 11) is 0. The smallest absolute Gasteiger partial charge is 0.329 e. The molecule has 1 rings (SSSR count). The van der Waals surface area contributed by atoms with Gasteiger partial charge in [-0.2, -0.15) is 0 Å². The van der Waals surface area contributed by atoms with E-state index in [4.69, 9.17) is 10.1 Å². The quantitative estimate of drug-likeness (QED) is 0.392. The van der Waals surface area contributed by atoms with Crippen LogP contribution in [-0.4, -0.2) is 52.5 Å². The summed E-state index contributed by atoms with van der Waals surface area (Å²) in [5.74, 6) is -2.14. The summed E-state index contributed by atoms with van der Waals surface area (Å²) in [5.41, 5.74) is -0.0487. The minimum atomic E-state index is -1.09. The minimum Gasteiger partial charge on any atom is -0.458 e. The molecule has 0 fully saturated rings. The number of hydrogen-bond donors (Lipinski definition) is 3. The molecule has 9 nitrogen and oxygen atoms in total. The van der Waals surface area contributed by atoms with Gasteiger partial charge in [-0.25, -0.2) is 4.79 Å². The van der Waals surface area contributed by atoms with Crippen molar-refractivity contribution in [3.8, 4) is 0 Å². The monoisotopic (exact) mass is 404 g/mol. The fraction of sp³-hybridized carbons (Fsp3) is 0.500. The van der Waals surface area contributed by atoms with Gasteiger partial charge in [0.15, 0.2) is 5.78 Å². The third-order valence-electron chi connectivity index (χ3n) is 3.70. The van der Waals surface area contributed by atoms with Gasteiger partial charge in [0.1, 0.15) is 17.7 Å². The van der Waals surface area contributed by atoms with Crippen LogP contribution in [0.15, 0.2) is 24.5 Å². The number of carbonyl (C=O) groups is 4. The molecule has 0 aliphatic carbocycles. The lowest BCUT2D eigenvalue weighted by Gasteiger charge is -2.26. The van der Waals surface area contributed by atoms with E-state index in [1.807, 2.05) is 0 Å². The summed E-state index contributed by atoms with van der Waals surface area (Å²) in [6.07, 6.45) is 3.90. The standard InChI is InChI=1S/C20H28N4O5/c1-13(25)23-17(10-14-6-5-9-22-12-14)18(27)24-16(8-7-15(26)11-21)19(28)29-20(2,3)4/h5-6,9,11-12,16-17,21H,7-8,10H2,1-4H3,(H,23,25)(H,24,27)/t16-,17-/m0/s1. The van der Waals surface area contributed by atoms with Gasteiger partial charge < -0.3 is 20.8 Å². The summed E-state index contributed by atoms with van der Waals surface area (Å²) >= 11 is 0. The second-order valence-electron chi connectivity index (χ2n) is 7.56. The summed E-state index contributed by atoms with van der Waals surface area (Å²) in [4.78, 5) is 52.3. The van der Waals surface area contributed by atoms with E-state index >= 15 is 0 Å². The first-order valence-corrected chi connectivity index (χ1v) is 9.24. The zero-order valence-electron chi connectivity index (χ0n) is 17.2. The normalized spacial score (nSPS) is 13.0. The zero-order chi connectivity index (χ0) is 22.0. The second kappa shape index (κ2) is 11.0. The molecule has 0 spiro atoms. The molecule has 29 heavy (non-hydrogen) atoms. The van der Waals surface area contributed by atoms with E-state index in [-0.39, 0.29) is 19.3 Å². The van der Waals surface area contributed by atoms with Crippen molar-refractivity contribution in [3.63, 3.8) is 0 Å². The number of aromatic nitrogens is 1. The highest BCUT2D eigenvalue weighted by Crippen LogP contribution is 2.12. The third kappa shape index (κ3) is 9.59. The molecule has 1 aromatic heterocycles. The molecule has 0 radical (unpaired) electrons. The van der Waals surface area contributed by atoms with E-state index in [1.54, 1.807) is 45.3 Å². The Bertz CT molecular complexity index is 743. The molecule has 2 amide bonds. The molecule has 0 saturated carbocycles. The van der Waals surface area contributed by atoms with Gasteiger partial charge in [-0.05, 0) is 38.8 Å². The van der Waals surface area contributed by atoms with Gasteiger partial charge in [-0.1, -0.05) is 6.07 Å². The number of carbonyl (C=O) groups excluding carboxylic acids is 4.